The Balaban J connectivity index is 0.722. The number of Topliss-reactive ketones (excluding diaryl/α,β-unsaturated/α-hetero) is 2. The molecule has 0 bridgehead atoms. The summed E-state index contributed by atoms with van der Waals surface area (Å²) in [5, 5.41) is 39.0. The minimum Gasteiger partial charge on any atom is -0.390 e. The van der Waals surface area contributed by atoms with Crippen molar-refractivity contribution < 1.29 is 137 Å². The number of rotatable bonds is 73. The number of nitrogens with one attached hydrogen (secondary N) is 12. The molecule has 8 amide bonds. The van der Waals surface area contributed by atoms with Gasteiger partial charge in [0.25, 0.3) is 0 Å². The second-order valence-corrected chi connectivity index (χ2v) is 39.8. The number of primary amides is 1. The minimum absolute atomic E-state index is 0.0135. The molecule has 0 aromatic heterocycles. The van der Waals surface area contributed by atoms with Gasteiger partial charge in [-0.15, -0.1) is 11.1 Å². The predicted octanol–water partition coefficient (Wildman–Crippen LogP) is 2.71. The maximum Gasteiger partial charge on any atom is 0.312 e. The lowest BCUT2D eigenvalue weighted by atomic mass is 9.44. The molecule has 0 aromatic rings. The van der Waals surface area contributed by atoms with E-state index in [1.807, 2.05) is 24.0 Å². The molecule has 3 unspecified atom stereocenters. The second kappa shape index (κ2) is 62.6. The zero-order valence-electron chi connectivity index (χ0n) is 86.1. The number of urea groups is 1. The van der Waals surface area contributed by atoms with Crippen molar-refractivity contribution in [1.82, 2.24) is 74.5 Å². The number of unbranched alkanes of at least 4 members (excludes halogenated alkanes) is 1. The van der Waals surface area contributed by atoms with Gasteiger partial charge >= 0.3 is 6.03 Å². The van der Waals surface area contributed by atoms with Crippen molar-refractivity contribution in [2.45, 2.75) is 243 Å². The van der Waals surface area contributed by atoms with Crippen LogP contribution in [0.15, 0.2) is 46.6 Å². The fraction of sp³-hybridized carbons (Fsp3) is 0.818. The highest BCUT2D eigenvalue weighted by atomic mass is 19.1. The molecular formula is C99H169F2N16O26+. The van der Waals surface area contributed by atoms with E-state index in [9.17, 15) is 48.3 Å². The number of aliphatic hydroxyl groups is 1. The van der Waals surface area contributed by atoms with Gasteiger partial charge < -0.3 is 140 Å². The number of hydrogen-bond donors (Lipinski definition) is 14. The number of aliphatic hydroxyl groups excluding tert-OH is 1. The zero-order chi connectivity index (χ0) is 103. The van der Waals surface area contributed by atoms with Crippen molar-refractivity contribution in [3.8, 4) is 0 Å². The molecule has 15 N–H and O–H groups in total. The van der Waals surface area contributed by atoms with E-state index in [2.05, 4.69) is 85.6 Å². The largest absolute Gasteiger partial charge is 0.390 e. The third-order valence-corrected chi connectivity index (χ3v) is 28.0. The first kappa shape index (κ1) is 119. The third-order valence-electron chi connectivity index (χ3n) is 28.0. The van der Waals surface area contributed by atoms with E-state index in [0.717, 1.165) is 104 Å². The van der Waals surface area contributed by atoms with Crippen molar-refractivity contribution in [2.24, 2.45) is 40.2 Å². The van der Waals surface area contributed by atoms with Crippen LogP contribution in [-0.2, 0) is 114 Å². The number of nitrogens with two attached hydrogens (primary N) is 1. The summed E-state index contributed by atoms with van der Waals surface area (Å²) in [6.45, 7) is 19.2. The van der Waals surface area contributed by atoms with Crippen molar-refractivity contribution in [3.63, 3.8) is 0 Å². The average Bonchev–Trinajstić information content (AvgIpc) is 1.51. The van der Waals surface area contributed by atoms with E-state index >= 15 is 13.6 Å². The van der Waals surface area contributed by atoms with Crippen LogP contribution in [0.5, 0.6) is 0 Å². The summed E-state index contributed by atoms with van der Waals surface area (Å²) in [5.74, 6) is -8.00. The Labute approximate surface area is 841 Å². The van der Waals surface area contributed by atoms with E-state index < -0.39 is 143 Å². The molecule has 3 saturated carbocycles. The minimum atomic E-state index is -2.46. The lowest BCUT2D eigenvalue weighted by molar-refractivity contribution is -0.869. The maximum atomic E-state index is 18.4. The second-order valence-electron chi connectivity index (χ2n) is 39.8. The number of carbonyl (C=O) groups is 10. The van der Waals surface area contributed by atoms with E-state index in [4.69, 9.17) is 76.8 Å². The number of ether oxygens (including phenoxy) is 15. The number of fused-ring (bicyclic) bond motifs is 7. The number of halogens is 2. The van der Waals surface area contributed by atoms with E-state index in [-0.39, 0.29) is 160 Å². The number of ketones is 3. The standard InChI is InChI=1S/C99H168F2N16O26/c1-10-20-89-142-84-64-72-73-63-75(100)74-62-71(118)27-30-96(74,4)98(73,101)82(120)65-97(72,5)99(84,143-89)83(121)66-108-93(126)70(21-19-32-107-95(102)128)61-79(119)90(69(2)3)110-94(127)76(22-17-18-31-104-87(124)67-140-80-25-15-11-13-23-77-91(80)111-113-115(77)37-44-134-50-56-139-60-58-135-51-45-129-39-28-85(122)105-33-38-117(7,8)9)109-86(123)29-40-130-46-52-136-57-59-138-54-48-132-42-35-106-88(125)68-141-81-26-16-12-14-24-78-92(81)112-114-116(78)36-43-133-49-55-137-53-47-131-41-34-103-6/h27,30,62,69-70,72-73,75-76,80-82,84,89-90,103,111-114,120H,10-26,28-29,31-61,63-68H2,1-9H3,(H8-,102,104,105,106,107,108,109,110,122,123,124,125,126,127,128)/p+1/t70-,72+,73+,75+,76-,80?,81?,82+,84-,89?,90+,96+,97+,98+,99-/m1/s1. The first-order valence-corrected chi connectivity index (χ1v) is 52.0. The number of allylic oxidation sites excluding steroid dienone is 6. The summed E-state index contributed by atoms with van der Waals surface area (Å²) < 4.78 is 124. The molecule has 0 aromatic carbocycles. The highest BCUT2D eigenvalue weighted by molar-refractivity contribution is 6.02. The van der Waals surface area contributed by atoms with Crippen LogP contribution in [0.25, 0.3) is 0 Å². The van der Waals surface area contributed by atoms with Crippen LogP contribution in [-0.4, -0.2) is 384 Å². The molecule has 9 rings (SSSR count). The lowest BCUT2D eigenvalue weighted by Gasteiger charge is -2.63. The molecule has 4 fully saturated rings. The monoisotopic (exact) mass is 2040 g/mol. The van der Waals surface area contributed by atoms with Crippen LogP contribution in [0.2, 0.25) is 0 Å². The van der Waals surface area contributed by atoms with Crippen LogP contribution in [0, 0.1) is 34.5 Å². The molecule has 6 aliphatic carbocycles. The Hall–Kier alpha value is -7.68. The summed E-state index contributed by atoms with van der Waals surface area (Å²) in [7, 11) is 8.10. The van der Waals surface area contributed by atoms with E-state index in [1.54, 1.807) is 20.8 Å². The van der Waals surface area contributed by atoms with Gasteiger partial charge in [0.1, 0.15) is 37.6 Å². The molecule has 44 heteroatoms. The number of hydrazine groups is 4. The number of amides is 8. The number of nitrogens with zero attached hydrogens (tertiary/aromatic N) is 3. The van der Waals surface area contributed by atoms with Crippen molar-refractivity contribution in [2.75, 3.05) is 246 Å². The zero-order valence-corrected chi connectivity index (χ0v) is 86.1. The Morgan fingerprint density at radius 3 is 1.63 bits per heavy atom. The molecule has 814 valence electrons. The van der Waals surface area contributed by atoms with Gasteiger partial charge in [-0.2, -0.15) is 0 Å². The normalized spacial score (nSPS) is 25.2. The fourth-order valence-corrected chi connectivity index (χ4v) is 20.4. The van der Waals surface area contributed by atoms with Gasteiger partial charge in [-0.1, -0.05) is 65.9 Å². The highest BCUT2D eigenvalue weighted by Crippen LogP contribution is 2.72. The third kappa shape index (κ3) is 36.9. The SMILES string of the molecule is CCCC1O[C@@H]2C[C@H]3[C@@H]4C[C@H](F)C5=CC(=O)C=C[C@]5(C)[C@@]4(F)[C@@H](O)C[C@]3(C)[C@]2(C(=O)CNC(=O)[C@H](CCCNC(N)=O)CC(=O)[C@@H](NC(=O)[C@@H](CCCCNC(=O)COC2CCCCCC3=C2NNN3CCOCCOCCOCCOCCC(=O)NCC[N+](C)(C)C)NC(=O)CCOCCOCCOCCOCCNC(=O)COC2CCCCCC3=C2NNN3CCOCCOCCOCCNC)C(C)C)O1. The number of quaternary nitrogens is 1. The van der Waals surface area contributed by atoms with Crippen molar-refractivity contribution in [1.29, 1.82) is 0 Å². The van der Waals surface area contributed by atoms with Crippen molar-refractivity contribution in [3.05, 3.63) is 46.6 Å². The first-order chi connectivity index (χ1) is 68.9. The summed E-state index contributed by atoms with van der Waals surface area (Å²) in [6.07, 6.45) is 7.43. The first-order valence-electron chi connectivity index (χ1n) is 52.0. The molecule has 15 atom stereocenters. The molecule has 3 aliphatic heterocycles. The Bertz CT molecular complexity index is 4080. The van der Waals surface area contributed by atoms with Gasteiger partial charge in [0, 0.05) is 68.1 Å². The maximum absolute atomic E-state index is 18.4. The van der Waals surface area contributed by atoms with E-state index in [1.165, 1.54) is 19.1 Å². The van der Waals surface area contributed by atoms with Crippen molar-refractivity contribution >= 4 is 58.8 Å². The molecule has 0 spiro atoms. The topological polar surface area (TPSA) is 506 Å². The van der Waals surface area contributed by atoms with Crippen LogP contribution in [0.1, 0.15) is 182 Å². The quantitative estimate of drug-likeness (QED) is 0.0307. The smallest absolute Gasteiger partial charge is 0.312 e. The van der Waals surface area contributed by atoms with Crippen LogP contribution < -0.4 is 70.2 Å². The molecule has 42 nitrogen and oxygen atoms in total. The molecule has 1 saturated heterocycles. The van der Waals surface area contributed by atoms with E-state index in [0.29, 0.717) is 151 Å². The van der Waals surface area contributed by atoms with Gasteiger partial charge in [0.05, 0.1) is 240 Å². The molecule has 3 heterocycles. The summed E-state index contributed by atoms with van der Waals surface area (Å²) in [4.78, 5) is 137. The number of hydrogen-bond acceptors (Lipinski definition) is 33. The molecule has 0 radical (unpaired) electrons. The van der Waals surface area contributed by atoms with Crippen LogP contribution in [0.4, 0.5) is 13.6 Å². The molecule has 9 aliphatic rings. The summed E-state index contributed by atoms with van der Waals surface area (Å²) in [5.41, 5.74) is 15.0. The average molecular weight is 2040 g/mol. The number of carbonyl (C=O) groups excluding carboxylic acids is 10. The highest BCUT2D eigenvalue weighted by Gasteiger charge is 2.80. The van der Waals surface area contributed by atoms with Crippen LogP contribution in [0.3, 0.4) is 0 Å². The van der Waals surface area contributed by atoms with Crippen LogP contribution >= 0.6 is 0 Å². The Morgan fingerprint density at radius 1 is 0.587 bits per heavy atom. The number of likely N-dealkylation sites (N-methyl/N-ethyl adjacent to an activating group) is 2. The fourth-order valence-electron chi connectivity index (χ4n) is 20.4. The number of alkyl halides is 2. The summed E-state index contributed by atoms with van der Waals surface area (Å²) in [6, 6.07) is -3.26. The molecular weight excluding hydrogens is 1870 g/mol. The summed E-state index contributed by atoms with van der Waals surface area (Å²) >= 11 is 0. The Kier molecular flexibility index (Phi) is 52.0. The van der Waals surface area contributed by atoms with Gasteiger partial charge in [0.2, 0.25) is 35.4 Å². The lowest BCUT2D eigenvalue weighted by Crippen LogP contribution is -2.71. The van der Waals surface area contributed by atoms with Gasteiger partial charge in [0.15, 0.2) is 34.9 Å². The van der Waals surface area contributed by atoms with Gasteiger partial charge in [-0.3, -0.25) is 53.2 Å². The molecule has 143 heavy (non-hydrogen) atoms. The van der Waals surface area contributed by atoms with Gasteiger partial charge in [-0.05, 0) is 140 Å². The van der Waals surface area contributed by atoms with Gasteiger partial charge in [-0.25, -0.2) is 13.6 Å². The Morgan fingerprint density at radius 2 is 1.10 bits per heavy atom. The predicted molar refractivity (Wildman–Crippen MR) is 522 cm³/mol.